The second kappa shape index (κ2) is 3.91. The van der Waals surface area contributed by atoms with E-state index in [9.17, 15) is 9.59 Å². The Balaban J connectivity index is 2.69. The highest BCUT2D eigenvalue weighted by molar-refractivity contribution is 8.00. The van der Waals surface area contributed by atoms with Crippen LogP contribution in [0.4, 0.5) is 0 Å². The summed E-state index contributed by atoms with van der Waals surface area (Å²) in [7, 11) is 0. The van der Waals surface area contributed by atoms with Crippen LogP contribution in [0.15, 0.2) is 0 Å². The van der Waals surface area contributed by atoms with Gasteiger partial charge in [-0.1, -0.05) is 0 Å². The molecule has 5 heteroatoms. The van der Waals surface area contributed by atoms with Crippen molar-refractivity contribution in [1.82, 2.24) is 4.90 Å². The summed E-state index contributed by atoms with van der Waals surface area (Å²) in [5.74, 6) is 0.294. The molecule has 12 heavy (non-hydrogen) atoms. The molecule has 68 valence electrons. The normalized spacial score (nSPS) is 21.3. The summed E-state index contributed by atoms with van der Waals surface area (Å²) in [6.07, 6.45) is 0. The first kappa shape index (κ1) is 9.54. The van der Waals surface area contributed by atoms with Crippen molar-refractivity contribution in [2.75, 3.05) is 18.1 Å². The summed E-state index contributed by atoms with van der Waals surface area (Å²) in [4.78, 5) is 23.5. The molecule has 1 aliphatic rings. The van der Waals surface area contributed by atoms with Crippen LogP contribution >= 0.6 is 11.8 Å². The summed E-state index contributed by atoms with van der Waals surface area (Å²) in [6, 6.07) is -0.383. The van der Waals surface area contributed by atoms with Crippen molar-refractivity contribution in [3.8, 4) is 0 Å². The first-order valence-electron chi connectivity index (χ1n) is 3.70. The van der Waals surface area contributed by atoms with Crippen LogP contribution in [-0.2, 0) is 9.59 Å². The Morgan fingerprint density at radius 3 is 2.42 bits per heavy atom. The lowest BCUT2D eigenvalue weighted by molar-refractivity contribution is -0.145. The minimum Gasteiger partial charge on any atom is -0.394 e. The van der Waals surface area contributed by atoms with Gasteiger partial charge in [0, 0.05) is 0 Å². The second-order valence-corrected chi connectivity index (χ2v) is 3.67. The lowest BCUT2D eigenvalue weighted by Gasteiger charge is -2.28. The quantitative estimate of drug-likeness (QED) is 0.593. The predicted octanol–water partition coefficient (Wildman–Crippen LogP) is -0.531. The highest BCUT2D eigenvalue weighted by atomic mass is 32.2. The molecule has 1 heterocycles. The molecule has 1 saturated heterocycles. The molecule has 1 unspecified atom stereocenters. The Bertz CT molecular complexity index is 191. The van der Waals surface area contributed by atoms with Gasteiger partial charge in [0.2, 0.25) is 11.8 Å². The summed E-state index contributed by atoms with van der Waals surface area (Å²) in [5, 5.41) is 8.77. The molecule has 1 rings (SSSR count). The van der Waals surface area contributed by atoms with E-state index in [0.29, 0.717) is 11.5 Å². The first-order valence-corrected chi connectivity index (χ1v) is 4.85. The minimum absolute atomic E-state index is 0.165. The van der Waals surface area contributed by atoms with Crippen molar-refractivity contribution in [1.29, 1.82) is 0 Å². The number of aliphatic hydroxyl groups excluding tert-OH is 1. The van der Waals surface area contributed by atoms with Gasteiger partial charge >= 0.3 is 0 Å². The van der Waals surface area contributed by atoms with Crippen LogP contribution in [0.25, 0.3) is 0 Å². The van der Waals surface area contributed by atoms with E-state index in [1.54, 1.807) is 6.92 Å². The number of nitrogens with zero attached hydrogens (tertiary/aromatic N) is 1. The van der Waals surface area contributed by atoms with Crippen LogP contribution < -0.4 is 0 Å². The number of rotatable bonds is 2. The van der Waals surface area contributed by atoms with Crippen molar-refractivity contribution in [3.63, 3.8) is 0 Å². The van der Waals surface area contributed by atoms with Gasteiger partial charge in [0.05, 0.1) is 24.2 Å². The van der Waals surface area contributed by atoms with Crippen LogP contribution in [0.3, 0.4) is 0 Å². The van der Waals surface area contributed by atoms with E-state index in [1.165, 1.54) is 11.8 Å². The number of amides is 2. The molecule has 0 aromatic heterocycles. The maximum Gasteiger partial charge on any atom is 0.239 e. The second-order valence-electron chi connectivity index (χ2n) is 2.68. The molecule has 2 amide bonds. The van der Waals surface area contributed by atoms with Crippen molar-refractivity contribution in [2.45, 2.75) is 13.0 Å². The first-order chi connectivity index (χ1) is 5.66. The summed E-state index contributed by atoms with van der Waals surface area (Å²) < 4.78 is 0. The zero-order valence-electron chi connectivity index (χ0n) is 6.82. The van der Waals surface area contributed by atoms with Crippen LogP contribution in [0.1, 0.15) is 6.92 Å². The Morgan fingerprint density at radius 1 is 1.50 bits per heavy atom. The fourth-order valence-electron chi connectivity index (χ4n) is 1.08. The molecule has 0 aromatic carbocycles. The number of thioether (sulfide) groups is 1. The fourth-order valence-corrected chi connectivity index (χ4v) is 1.81. The van der Waals surface area contributed by atoms with Gasteiger partial charge in [0.1, 0.15) is 0 Å². The van der Waals surface area contributed by atoms with Gasteiger partial charge < -0.3 is 5.11 Å². The van der Waals surface area contributed by atoms with Gasteiger partial charge in [-0.2, -0.15) is 0 Å². The van der Waals surface area contributed by atoms with Gasteiger partial charge in [0.15, 0.2) is 0 Å². The highest BCUT2D eigenvalue weighted by Crippen LogP contribution is 2.14. The Hall–Kier alpha value is -0.550. The zero-order valence-corrected chi connectivity index (χ0v) is 7.63. The van der Waals surface area contributed by atoms with Crippen LogP contribution in [0, 0.1) is 0 Å². The van der Waals surface area contributed by atoms with Gasteiger partial charge in [-0.25, -0.2) is 0 Å². The monoisotopic (exact) mass is 189 g/mol. The predicted molar refractivity (Wildman–Crippen MR) is 45.7 cm³/mol. The number of aliphatic hydroxyl groups is 1. The SMILES string of the molecule is CC(CO)N1C(=O)CSCC1=O. The molecule has 0 aromatic rings. The molecule has 0 aliphatic carbocycles. The van der Waals surface area contributed by atoms with Crippen molar-refractivity contribution in [3.05, 3.63) is 0 Å². The molecular formula is C7H11NO3S. The van der Waals surface area contributed by atoms with E-state index in [2.05, 4.69) is 0 Å². The van der Waals surface area contributed by atoms with Gasteiger partial charge in [0.25, 0.3) is 0 Å². The molecule has 0 saturated carbocycles. The number of carbonyl (C=O) groups is 2. The fraction of sp³-hybridized carbons (Fsp3) is 0.714. The number of hydrogen-bond donors (Lipinski definition) is 1. The molecule has 0 spiro atoms. The Kier molecular flexibility index (Phi) is 3.11. The number of hydrogen-bond acceptors (Lipinski definition) is 4. The van der Waals surface area contributed by atoms with E-state index in [0.717, 1.165) is 4.90 Å². The van der Waals surface area contributed by atoms with Crippen molar-refractivity contribution < 1.29 is 14.7 Å². The van der Waals surface area contributed by atoms with Crippen LogP contribution in [-0.4, -0.2) is 46.0 Å². The molecule has 1 aliphatic heterocycles. The van der Waals surface area contributed by atoms with Crippen molar-refractivity contribution in [2.24, 2.45) is 0 Å². The third kappa shape index (κ3) is 1.78. The molecule has 1 fully saturated rings. The lowest BCUT2D eigenvalue weighted by Crippen LogP contribution is -2.49. The standard InChI is InChI=1S/C7H11NO3S/c1-5(2-9)8-6(10)3-12-4-7(8)11/h5,9H,2-4H2,1H3. The Morgan fingerprint density at radius 2 is 2.00 bits per heavy atom. The maximum absolute atomic E-state index is 11.2. The average molecular weight is 189 g/mol. The third-order valence-electron chi connectivity index (χ3n) is 1.69. The van der Waals surface area contributed by atoms with Gasteiger partial charge in [-0.3, -0.25) is 14.5 Å². The Labute approximate surface area is 74.9 Å². The van der Waals surface area contributed by atoms with Crippen molar-refractivity contribution >= 4 is 23.6 Å². The van der Waals surface area contributed by atoms with E-state index < -0.39 is 0 Å². The number of carbonyl (C=O) groups excluding carboxylic acids is 2. The third-order valence-corrected chi connectivity index (χ3v) is 2.60. The average Bonchev–Trinajstić information content (AvgIpc) is 2.03. The summed E-state index contributed by atoms with van der Waals surface area (Å²) in [6.45, 7) is 1.49. The lowest BCUT2D eigenvalue weighted by atomic mass is 10.3. The van der Waals surface area contributed by atoms with Gasteiger partial charge in [-0.15, -0.1) is 11.8 Å². The zero-order chi connectivity index (χ0) is 9.14. The summed E-state index contributed by atoms with van der Waals surface area (Å²) >= 11 is 1.32. The molecule has 4 nitrogen and oxygen atoms in total. The summed E-state index contributed by atoms with van der Waals surface area (Å²) in [5.41, 5.74) is 0. The van der Waals surface area contributed by atoms with Crippen LogP contribution in [0.2, 0.25) is 0 Å². The highest BCUT2D eigenvalue weighted by Gasteiger charge is 2.29. The molecular weight excluding hydrogens is 178 g/mol. The topological polar surface area (TPSA) is 57.6 Å². The molecule has 0 radical (unpaired) electrons. The van der Waals surface area contributed by atoms with E-state index in [-0.39, 0.29) is 24.5 Å². The molecule has 1 N–H and O–H groups in total. The van der Waals surface area contributed by atoms with E-state index >= 15 is 0 Å². The smallest absolute Gasteiger partial charge is 0.239 e. The molecule has 0 bridgehead atoms. The minimum atomic E-state index is -0.383. The van der Waals surface area contributed by atoms with E-state index in [1.807, 2.05) is 0 Å². The maximum atomic E-state index is 11.2. The van der Waals surface area contributed by atoms with E-state index in [4.69, 9.17) is 5.11 Å². The van der Waals surface area contributed by atoms with Gasteiger partial charge in [-0.05, 0) is 6.92 Å². The molecule has 1 atom stereocenters. The largest absolute Gasteiger partial charge is 0.394 e. The van der Waals surface area contributed by atoms with Crippen LogP contribution in [0.5, 0.6) is 0 Å². The number of imide groups is 1.